The number of pyridine rings is 1. The summed E-state index contributed by atoms with van der Waals surface area (Å²) in [4.78, 5) is 40.0. The third-order valence-corrected chi connectivity index (χ3v) is 10.2. The zero-order valence-corrected chi connectivity index (χ0v) is 28.4. The highest BCUT2D eigenvalue weighted by Crippen LogP contribution is 2.42. The maximum absolute atomic E-state index is 16.7. The van der Waals surface area contributed by atoms with Crippen molar-refractivity contribution in [2.45, 2.75) is 31.6 Å². The molecule has 2 aromatic carbocycles. The van der Waals surface area contributed by atoms with Gasteiger partial charge in [0.2, 0.25) is 5.91 Å². The van der Waals surface area contributed by atoms with E-state index in [0.717, 1.165) is 22.9 Å². The van der Waals surface area contributed by atoms with Gasteiger partial charge in [-0.3, -0.25) is 14.6 Å². The van der Waals surface area contributed by atoms with E-state index in [9.17, 15) is 14.0 Å². The predicted molar refractivity (Wildman–Crippen MR) is 193 cm³/mol. The minimum atomic E-state index is -0.482. The number of nitrogens with one attached hydrogen (secondary N) is 3. The molecular weight excluding hydrogens is 654 g/mol. The van der Waals surface area contributed by atoms with Crippen molar-refractivity contribution in [1.82, 2.24) is 35.7 Å². The fourth-order valence-corrected chi connectivity index (χ4v) is 7.23. The van der Waals surface area contributed by atoms with Gasteiger partial charge < -0.3 is 29.8 Å². The Kier molecular flexibility index (Phi) is 8.80. The van der Waals surface area contributed by atoms with Crippen LogP contribution < -0.4 is 20.6 Å². The SMILES string of the molecule is COc1cc(F)cnc1N1CCN(C(=O)c2cc3c(-c4ccc(C5CC5)cc4)cc(C4=CCCN(C(=O)CCN5C=CNN5)C4)c(F)c3[nH]2)CC1.[HH]. The van der Waals surface area contributed by atoms with Crippen LogP contribution in [0.4, 0.5) is 14.6 Å². The molecule has 0 atom stereocenters. The second kappa shape index (κ2) is 13.7. The first-order chi connectivity index (χ1) is 24.9. The predicted octanol–water partition coefficient (Wildman–Crippen LogP) is 5.40. The molecule has 266 valence electrons. The van der Waals surface area contributed by atoms with Crippen molar-refractivity contribution >= 4 is 34.1 Å². The second-order valence-electron chi connectivity index (χ2n) is 13.5. The van der Waals surface area contributed by atoms with Gasteiger partial charge in [-0.2, -0.15) is 0 Å². The van der Waals surface area contributed by atoms with E-state index in [1.54, 1.807) is 27.1 Å². The van der Waals surface area contributed by atoms with Crippen LogP contribution in [0.3, 0.4) is 0 Å². The lowest BCUT2D eigenvalue weighted by atomic mass is 9.92. The number of fused-ring (bicyclic) bond motifs is 1. The number of aromatic nitrogens is 2. The number of ether oxygens (including phenoxy) is 1. The van der Waals surface area contributed by atoms with Crippen LogP contribution in [0.15, 0.2) is 67.1 Å². The zero-order chi connectivity index (χ0) is 35.1. The number of H-pyrrole nitrogens is 1. The van der Waals surface area contributed by atoms with E-state index < -0.39 is 11.6 Å². The molecule has 0 bridgehead atoms. The van der Waals surface area contributed by atoms with Crippen LogP contribution in [-0.4, -0.2) is 89.5 Å². The lowest BCUT2D eigenvalue weighted by molar-refractivity contribution is -0.131. The van der Waals surface area contributed by atoms with Gasteiger partial charge in [0.25, 0.3) is 5.91 Å². The maximum Gasteiger partial charge on any atom is 0.270 e. The van der Waals surface area contributed by atoms with E-state index in [1.165, 1.54) is 31.6 Å². The van der Waals surface area contributed by atoms with Crippen LogP contribution in [0.5, 0.6) is 5.75 Å². The average molecular weight is 697 g/mol. The Balaban J connectivity index is 0.00000420. The minimum Gasteiger partial charge on any atom is -0.493 e. The van der Waals surface area contributed by atoms with Crippen LogP contribution in [0, 0.1) is 11.6 Å². The largest absolute Gasteiger partial charge is 0.493 e. The summed E-state index contributed by atoms with van der Waals surface area (Å²) in [5, 5.41) is 2.43. The van der Waals surface area contributed by atoms with Crippen LogP contribution in [0.1, 0.15) is 54.6 Å². The molecule has 3 N–H and O–H groups in total. The molecule has 51 heavy (non-hydrogen) atoms. The number of benzene rings is 2. The Morgan fingerprint density at radius 3 is 2.53 bits per heavy atom. The fourth-order valence-electron chi connectivity index (χ4n) is 7.23. The zero-order valence-electron chi connectivity index (χ0n) is 28.4. The molecule has 4 aromatic rings. The first kappa shape index (κ1) is 32.8. The van der Waals surface area contributed by atoms with Gasteiger partial charge >= 0.3 is 0 Å². The molecule has 5 heterocycles. The molecule has 1 aliphatic carbocycles. The van der Waals surface area contributed by atoms with Gasteiger partial charge in [-0.1, -0.05) is 30.3 Å². The van der Waals surface area contributed by atoms with Gasteiger partial charge in [0, 0.05) is 83.1 Å². The van der Waals surface area contributed by atoms with Crippen molar-refractivity contribution in [2.75, 3.05) is 57.8 Å². The lowest BCUT2D eigenvalue weighted by Crippen LogP contribution is -2.49. The molecule has 13 heteroatoms. The number of amides is 2. The standard InChI is InChI=1S/C38H40F2N8O3.H2/c1-51-33-19-28(39)22-41-37(33)45-15-17-46(18-16-45)38(50)32-21-31-29(26-8-6-25(7-9-26)24-4-5-24)20-30(35(40)36(31)43-32)27-3-2-12-47(23-27)34(49)10-13-48-14-11-42-44-48;/h3,6-9,11,14,19-22,24,42-44H,2,4-5,10,12-13,15-18,23H2,1H3;1H. The molecule has 1 saturated carbocycles. The van der Waals surface area contributed by atoms with Crippen molar-refractivity contribution in [2.24, 2.45) is 0 Å². The van der Waals surface area contributed by atoms with Crippen molar-refractivity contribution in [3.8, 4) is 16.9 Å². The molecule has 4 aliphatic rings. The molecular formula is C38H42F2N8O3. The number of hydrogen-bond donors (Lipinski definition) is 3. The summed E-state index contributed by atoms with van der Waals surface area (Å²) in [7, 11) is 1.47. The number of carbonyl (C=O) groups is 2. The van der Waals surface area contributed by atoms with E-state index in [2.05, 4.69) is 45.2 Å². The number of carbonyl (C=O) groups excluding carboxylic acids is 2. The molecule has 2 amide bonds. The first-order valence-corrected chi connectivity index (χ1v) is 17.5. The lowest BCUT2D eigenvalue weighted by Gasteiger charge is -2.35. The van der Waals surface area contributed by atoms with E-state index in [4.69, 9.17) is 4.74 Å². The highest BCUT2D eigenvalue weighted by atomic mass is 19.1. The molecule has 0 spiro atoms. The van der Waals surface area contributed by atoms with E-state index >= 15 is 4.39 Å². The summed E-state index contributed by atoms with van der Waals surface area (Å²) in [6.45, 7) is 3.13. The van der Waals surface area contributed by atoms with Gasteiger partial charge in [-0.05, 0) is 59.6 Å². The maximum atomic E-state index is 16.7. The number of halogens is 2. The normalized spacial score (nSPS) is 17.6. The van der Waals surface area contributed by atoms with E-state index in [-0.39, 0.29) is 18.8 Å². The summed E-state index contributed by atoms with van der Waals surface area (Å²) < 4.78 is 35.8. The van der Waals surface area contributed by atoms with Crippen LogP contribution in [0.25, 0.3) is 27.6 Å². The van der Waals surface area contributed by atoms with E-state index in [1.807, 2.05) is 23.2 Å². The van der Waals surface area contributed by atoms with Crippen LogP contribution in [0.2, 0.25) is 0 Å². The number of aromatic amines is 1. The number of anilines is 1. The Labute approximate surface area is 296 Å². The molecule has 11 nitrogen and oxygen atoms in total. The topological polar surface area (TPSA) is 109 Å². The number of piperazine rings is 1. The number of hydrogen-bond acceptors (Lipinski definition) is 8. The fraction of sp³-hybridized carbons (Fsp3) is 0.342. The Bertz CT molecular complexity index is 2040. The highest BCUT2D eigenvalue weighted by molar-refractivity contribution is 6.04. The number of rotatable bonds is 9. The molecule has 0 unspecified atom stereocenters. The van der Waals surface area contributed by atoms with Gasteiger partial charge in [0.1, 0.15) is 11.5 Å². The monoisotopic (exact) mass is 696 g/mol. The molecule has 1 saturated heterocycles. The van der Waals surface area contributed by atoms with Crippen molar-refractivity contribution in [3.05, 3.63) is 95.6 Å². The molecule has 3 aliphatic heterocycles. The third kappa shape index (κ3) is 6.61. The molecule has 2 aromatic heterocycles. The second-order valence-corrected chi connectivity index (χ2v) is 13.5. The van der Waals surface area contributed by atoms with Crippen molar-refractivity contribution < 1.29 is 24.5 Å². The highest BCUT2D eigenvalue weighted by Gasteiger charge is 2.29. The third-order valence-electron chi connectivity index (χ3n) is 10.2. The summed E-state index contributed by atoms with van der Waals surface area (Å²) in [5.41, 5.74) is 10.6. The van der Waals surface area contributed by atoms with Gasteiger partial charge in [-0.15, -0.1) is 5.53 Å². The summed E-state index contributed by atoms with van der Waals surface area (Å²) in [6, 6.07) is 13.4. The first-order valence-electron chi connectivity index (χ1n) is 17.5. The number of nitrogens with zero attached hydrogens (tertiary/aromatic N) is 5. The quantitative estimate of drug-likeness (QED) is 0.214. The summed E-state index contributed by atoms with van der Waals surface area (Å²) in [5.74, 6) is 0.310. The van der Waals surface area contributed by atoms with Gasteiger partial charge in [0.15, 0.2) is 17.4 Å². The van der Waals surface area contributed by atoms with Crippen molar-refractivity contribution in [1.29, 1.82) is 0 Å². The minimum absolute atomic E-state index is 0. The number of methoxy groups -OCH3 is 1. The molecule has 8 rings (SSSR count). The Morgan fingerprint density at radius 2 is 1.80 bits per heavy atom. The molecule has 0 radical (unpaired) electrons. The Hall–Kier alpha value is -5.43. The Morgan fingerprint density at radius 1 is 1.00 bits per heavy atom. The van der Waals surface area contributed by atoms with Crippen LogP contribution >= 0.6 is 0 Å². The van der Waals surface area contributed by atoms with Crippen LogP contribution in [-0.2, 0) is 4.79 Å². The van der Waals surface area contributed by atoms with Gasteiger partial charge in [0.05, 0.1) is 18.8 Å². The summed E-state index contributed by atoms with van der Waals surface area (Å²) in [6.07, 6.45) is 10.1. The average Bonchev–Trinajstić information content (AvgIpc) is 3.69. The smallest absolute Gasteiger partial charge is 0.270 e. The number of hydrazine groups is 2. The van der Waals surface area contributed by atoms with Gasteiger partial charge in [-0.25, -0.2) is 13.8 Å². The van der Waals surface area contributed by atoms with Crippen molar-refractivity contribution in [3.63, 3.8) is 0 Å². The van der Waals surface area contributed by atoms with E-state index in [0.29, 0.717) is 92.8 Å². The molecule has 2 fully saturated rings. The summed E-state index contributed by atoms with van der Waals surface area (Å²) >= 11 is 0.